The van der Waals surface area contributed by atoms with Crippen LogP contribution in [0.2, 0.25) is 0 Å². The van der Waals surface area contributed by atoms with Crippen LogP contribution in [-0.2, 0) is 22.0 Å². The molecule has 156 valence electrons. The van der Waals surface area contributed by atoms with Gasteiger partial charge in [0.2, 0.25) is 10.0 Å². The largest absolute Gasteiger partial charge is 0.349 e. The first-order valence-corrected chi connectivity index (χ1v) is 11.4. The monoisotopic (exact) mass is 414 g/mol. The molecular weight excluding hydrogens is 384 g/mol. The molecule has 2 aromatic carbocycles. The average molecular weight is 415 g/mol. The van der Waals surface area contributed by atoms with E-state index in [0.717, 1.165) is 29.5 Å². The number of aryl methyl sites for hydroxylation is 1. The van der Waals surface area contributed by atoms with Crippen molar-refractivity contribution in [1.82, 2.24) is 9.62 Å². The topological polar surface area (TPSA) is 66.5 Å². The molecule has 1 aliphatic carbocycles. The summed E-state index contributed by atoms with van der Waals surface area (Å²) in [5.74, 6) is -0.0744. The van der Waals surface area contributed by atoms with E-state index < -0.39 is 10.0 Å². The van der Waals surface area contributed by atoms with Crippen molar-refractivity contribution in [2.45, 2.75) is 63.4 Å². The second-order valence-electron chi connectivity index (χ2n) is 8.94. The standard InChI is InChI=1S/C23H30N2O3S/c1-16-6-11-19(23(2,3)4)14-21(16)29(27,28)25(5)15-17-7-9-18(10-8-17)22(26)24-20-12-13-20/h6-11,14,20H,12-13,15H2,1-5H3,(H,24,26). The molecule has 0 spiro atoms. The third-order valence-corrected chi connectivity index (χ3v) is 7.22. The van der Waals surface area contributed by atoms with E-state index in [0.29, 0.717) is 16.5 Å². The third kappa shape index (κ3) is 5.06. The molecule has 1 fully saturated rings. The molecule has 6 heteroatoms. The zero-order chi connectivity index (χ0) is 21.4. The van der Waals surface area contributed by atoms with E-state index in [2.05, 4.69) is 26.1 Å². The minimum absolute atomic E-state index is 0.0744. The summed E-state index contributed by atoms with van der Waals surface area (Å²) in [5.41, 5.74) is 3.02. The molecule has 0 aliphatic heterocycles. The molecule has 2 aromatic rings. The zero-order valence-electron chi connectivity index (χ0n) is 17.8. The summed E-state index contributed by atoms with van der Waals surface area (Å²) in [6.07, 6.45) is 2.09. The highest BCUT2D eigenvalue weighted by atomic mass is 32.2. The fourth-order valence-electron chi connectivity index (χ4n) is 3.11. The lowest BCUT2D eigenvalue weighted by Crippen LogP contribution is -2.28. The summed E-state index contributed by atoms with van der Waals surface area (Å²) >= 11 is 0. The molecular formula is C23H30N2O3S. The van der Waals surface area contributed by atoms with Gasteiger partial charge in [-0.05, 0) is 60.1 Å². The lowest BCUT2D eigenvalue weighted by Gasteiger charge is -2.23. The zero-order valence-corrected chi connectivity index (χ0v) is 18.6. The van der Waals surface area contributed by atoms with E-state index in [9.17, 15) is 13.2 Å². The van der Waals surface area contributed by atoms with E-state index in [1.165, 1.54) is 4.31 Å². The molecule has 1 saturated carbocycles. The second-order valence-corrected chi connectivity index (χ2v) is 10.9. The lowest BCUT2D eigenvalue weighted by atomic mass is 9.87. The van der Waals surface area contributed by atoms with Crippen molar-refractivity contribution in [3.05, 3.63) is 64.7 Å². The van der Waals surface area contributed by atoms with Crippen molar-refractivity contribution in [2.24, 2.45) is 0 Å². The van der Waals surface area contributed by atoms with Crippen LogP contribution in [0.1, 0.15) is 60.7 Å². The second kappa shape index (κ2) is 7.92. The highest BCUT2D eigenvalue weighted by molar-refractivity contribution is 7.89. The van der Waals surface area contributed by atoms with Crippen molar-refractivity contribution in [1.29, 1.82) is 0 Å². The first-order valence-electron chi connectivity index (χ1n) is 9.96. The van der Waals surface area contributed by atoms with Crippen LogP contribution in [0.4, 0.5) is 0 Å². The minimum atomic E-state index is -3.63. The van der Waals surface area contributed by atoms with Gasteiger partial charge < -0.3 is 5.32 Å². The number of rotatable bonds is 6. The Morgan fingerprint density at radius 3 is 2.28 bits per heavy atom. The summed E-state index contributed by atoms with van der Waals surface area (Å²) in [5, 5.41) is 2.95. The molecule has 3 rings (SSSR count). The molecule has 0 aromatic heterocycles. The summed E-state index contributed by atoms with van der Waals surface area (Å²) in [4.78, 5) is 12.4. The number of nitrogens with one attached hydrogen (secondary N) is 1. The third-order valence-electron chi connectivity index (χ3n) is 5.28. The SMILES string of the molecule is Cc1ccc(C(C)(C)C)cc1S(=O)(=O)N(C)Cc1ccc(C(=O)NC2CC2)cc1. The van der Waals surface area contributed by atoms with Crippen molar-refractivity contribution >= 4 is 15.9 Å². The number of carbonyl (C=O) groups is 1. The van der Waals surface area contributed by atoms with E-state index in [-0.39, 0.29) is 17.9 Å². The highest BCUT2D eigenvalue weighted by Crippen LogP contribution is 2.28. The summed E-state index contributed by atoms with van der Waals surface area (Å²) in [6, 6.07) is 13.1. The van der Waals surface area contributed by atoms with Crippen LogP contribution in [0.3, 0.4) is 0 Å². The van der Waals surface area contributed by atoms with E-state index in [1.54, 1.807) is 25.2 Å². The van der Waals surface area contributed by atoms with Gasteiger partial charge in [0, 0.05) is 25.2 Å². The number of hydrogen-bond donors (Lipinski definition) is 1. The Balaban J connectivity index is 1.77. The number of benzene rings is 2. The van der Waals surface area contributed by atoms with Gasteiger partial charge in [-0.2, -0.15) is 4.31 Å². The van der Waals surface area contributed by atoms with Crippen molar-refractivity contribution < 1.29 is 13.2 Å². The molecule has 1 N–H and O–H groups in total. The molecule has 0 bridgehead atoms. The fraction of sp³-hybridized carbons (Fsp3) is 0.435. The van der Waals surface area contributed by atoms with Crippen LogP contribution < -0.4 is 5.32 Å². The maximum absolute atomic E-state index is 13.2. The Morgan fingerprint density at radius 1 is 1.10 bits per heavy atom. The van der Waals surface area contributed by atoms with E-state index in [1.807, 2.05) is 31.2 Å². The molecule has 0 heterocycles. The summed E-state index contributed by atoms with van der Waals surface area (Å²) in [6.45, 7) is 8.27. The van der Waals surface area contributed by atoms with Gasteiger partial charge in [0.15, 0.2) is 0 Å². The Bertz CT molecular complexity index is 1000. The van der Waals surface area contributed by atoms with Gasteiger partial charge in [-0.3, -0.25) is 4.79 Å². The van der Waals surface area contributed by atoms with Crippen LogP contribution in [0.15, 0.2) is 47.4 Å². The first kappa shape index (κ1) is 21.5. The molecule has 0 radical (unpaired) electrons. The Hall–Kier alpha value is -2.18. The van der Waals surface area contributed by atoms with E-state index in [4.69, 9.17) is 0 Å². The summed E-state index contributed by atoms with van der Waals surface area (Å²) in [7, 11) is -2.04. The fourth-order valence-corrected chi connectivity index (χ4v) is 4.52. The van der Waals surface area contributed by atoms with E-state index >= 15 is 0 Å². The van der Waals surface area contributed by atoms with Gasteiger partial charge in [-0.15, -0.1) is 0 Å². The lowest BCUT2D eigenvalue weighted by molar-refractivity contribution is 0.0951. The predicted molar refractivity (Wildman–Crippen MR) is 115 cm³/mol. The number of amides is 1. The van der Waals surface area contributed by atoms with Crippen LogP contribution in [0.5, 0.6) is 0 Å². The van der Waals surface area contributed by atoms with Crippen LogP contribution >= 0.6 is 0 Å². The van der Waals surface area contributed by atoms with Gasteiger partial charge in [0.05, 0.1) is 4.90 Å². The molecule has 5 nitrogen and oxygen atoms in total. The van der Waals surface area contributed by atoms with Crippen LogP contribution in [-0.4, -0.2) is 31.7 Å². The molecule has 0 saturated heterocycles. The van der Waals surface area contributed by atoms with Gasteiger partial charge in [0.25, 0.3) is 5.91 Å². The number of carbonyl (C=O) groups excluding carboxylic acids is 1. The predicted octanol–water partition coefficient (Wildman–Crippen LogP) is 4.01. The van der Waals surface area contributed by atoms with Crippen molar-refractivity contribution in [3.63, 3.8) is 0 Å². The molecule has 29 heavy (non-hydrogen) atoms. The minimum Gasteiger partial charge on any atom is -0.349 e. The quantitative estimate of drug-likeness (QED) is 0.777. The number of sulfonamides is 1. The Morgan fingerprint density at radius 2 is 1.72 bits per heavy atom. The van der Waals surface area contributed by atoms with Crippen LogP contribution in [0, 0.1) is 6.92 Å². The highest BCUT2D eigenvalue weighted by Gasteiger charge is 2.26. The molecule has 1 aliphatic rings. The number of hydrogen-bond acceptors (Lipinski definition) is 3. The van der Waals surface area contributed by atoms with Gasteiger partial charge in [-0.1, -0.05) is 45.0 Å². The maximum Gasteiger partial charge on any atom is 0.251 e. The van der Waals surface area contributed by atoms with Gasteiger partial charge in [0.1, 0.15) is 0 Å². The molecule has 0 atom stereocenters. The van der Waals surface area contributed by atoms with Gasteiger partial charge in [-0.25, -0.2) is 8.42 Å². The normalized spacial score (nSPS) is 14.8. The average Bonchev–Trinajstić information content (AvgIpc) is 3.45. The number of nitrogens with zero attached hydrogens (tertiary/aromatic N) is 1. The maximum atomic E-state index is 13.2. The molecule has 1 amide bonds. The first-order chi connectivity index (χ1) is 13.5. The Labute approximate surface area is 174 Å². The van der Waals surface area contributed by atoms with Crippen LogP contribution in [0.25, 0.3) is 0 Å². The summed E-state index contributed by atoms with van der Waals surface area (Å²) < 4.78 is 27.8. The van der Waals surface area contributed by atoms with Crippen molar-refractivity contribution in [3.8, 4) is 0 Å². The smallest absolute Gasteiger partial charge is 0.251 e. The Kier molecular flexibility index (Phi) is 5.88. The van der Waals surface area contributed by atoms with Crippen molar-refractivity contribution in [2.75, 3.05) is 7.05 Å². The molecule has 0 unspecified atom stereocenters. The van der Waals surface area contributed by atoms with Gasteiger partial charge >= 0.3 is 0 Å².